The van der Waals surface area contributed by atoms with Crippen molar-refractivity contribution >= 4 is 0 Å². The largest absolute Gasteiger partial charge is 0.313 e. The third-order valence-corrected chi connectivity index (χ3v) is 3.06. The van der Waals surface area contributed by atoms with Crippen LogP contribution >= 0.6 is 0 Å². The van der Waals surface area contributed by atoms with Crippen molar-refractivity contribution in [2.24, 2.45) is 0 Å². The zero-order valence-electron chi connectivity index (χ0n) is 12.5. The van der Waals surface area contributed by atoms with E-state index >= 15 is 0 Å². The summed E-state index contributed by atoms with van der Waals surface area (Å²) in [5.41, 5.74) is 1.91. The molecule has 1 aromatic carbocycles. The standard InChI is InChI=1S/C15H26FN3/c1-5-17-11-13-6-7-15(16)14(10-13)12-19(4)9-8-18(2)3/h6-7,10,17H,5,8-9,11-12H2,1-4H3. The van der Waals surface area contributed by atoms with Crippen LogP contribution in [0.3, 0.4) is 0 Å². The lowest BCUT2D eigenvalue weighted by molar-refractivity contribution is 0.273. The first-order valence-electron chi connectivity index (χ1n) is 6.84. The van der Waals surface area contributed by atoms with Crippen LogP contribution < -0.4 is 5.32 Å². The Balaban J connectivity index is 2.60. The van der Waals surface area contributed by atoms with Crippen molar-refractivity contribution in [3.05, 3.63) is 35.1 Å². The summed E-state index contributed by atoms with van der Waals surface area (Å²) < 4.78 is 13.8. The van der Waals surface area contributed by atoms with Gasteiger partial charge in [-0.15, -0.1) is 0 Å². The Morgan fingerprint density at radius 3 is 2.53 bits per heavy atom. The number of hydrogen-bond acceptors (Lipinski definition) is 3. The molecule has 0 fully saturated rings. The van der Waals surface area contributed by atoms with E-state index in [1.165, 1.54) is 0 Å². The lowest BCUT2D eigenvalue weighted by atomic mass is 10.1. The van der Waals surface area contributed by atoms with E-state index in [0.29, 0.717) is 6.54 Å². The highest BCUT2D eigenvalue weighted by atomic mass is 19.1. The molecule has 0 aliphatic rings. The average molecular weight is 267 g/mol. The maximum atomic E-state index is 13.8. The van der Waals surface area contributed by atoms with Crippen molar-refractivity contribution < 1.29 is 4.39 Å². The van der Waals surface area contributed by atoms with Crippen molar-refractivity contribution in [2.75, 3.05) is 40.8 Å². The fourth-order valence-electron chi connectivity index (χ4n) is 1.87. The average Bonchev–Trinajstić information content (AvgIpc) is 2.37. The second kappa shape index (κ2) is 8.25. The summed E-state index contributed by atoms with van der Waals surface area (Å²) in [6.07, 6.45) is 0. The molecule has 19 heavy (non-hydrogen) atoms. The van der Waals surface area contributed by atoms with Crippen molar-refractivity contribution in [1.29, 1.82) is 0 Å². The third-order valence-electron chi connectivity index (χ3n) is 3.06. The second-order valence-electron chi connectivity index (χ2n) is 5.25. The highest BCUT2D eigenvalue weighted by Gasteiger charge is 2.07. The molecule has 0 amide bonds. The molecule has 0 unspecified atom stereocenters. The molecule has 0 atom stereocenters. The predicted molar refractivity (Wildman–Crippen MR) is 78.7 cm³/mol. The number of likely N-dealkylation sites (N-methyl/N-ethyl adjacent to an activating group) is 2. The van der Waals surface area contributed by atoms with Gasteiger partial charge in [-0.2, -0.15) is 0 Å². The van der Waals surface area contributed by atoms with E-state index in [9.17, 15) is 4.39 Å². The van der Waals surface area contributed by atoms with E-state index in [0.717, 1.165) is 37.3 Å². The first-order chi connectivity index (χ1) is 9.02. The van der Waals surface area contributed by atoms with Crippen LogP contribution in [0.2, 0.25) is 0 Å². The lowest BCUT2D eigenvalue weighted by Gasteiger charge is -2.20. The second-order valence-corrected chi connectivity index (χ2v) is 5.25. The summed E-state index contributed by atoms with van der Waals surface area (Å²) in [6, 6.07) is 5.38. The molecule has 0 aromatic heterocycles. The highest BCUT2D eigenvalue weighted by Crippen LogP contribution is 2.12. The first-order valence-corrected chi connectivity index (χ1v) is 6.84. The number of nitrogens with zero attached hydrogens (tertiary/aromatic N) is 2. The summed E-state index contributed by atoms with van der Waals surface area (Å²) in [5.74, 6) is -0.114. The molecule has 1 aromatic rings. The van der Waals surface area contributed by atoms with Gasteiger partial charge in [0.25, 0.3) is 0 Å². The first kappa shape index (κ1) is 16.1. The Morgan fingerprint density at radius 2 is 1.89 bits per heavy atom. The van der Waals surface area contributed by atoms with Crippen LogP contribution in [0.15, 0.2) is 18.2 Å². The molecule has 0 aliphatic carbocycles. The maximum absolute atomic E-state index is 13.8. The number of rotatable bonds is 8. The van der Waals surface area contributed by atoms with Crippen molar-refractivity contribution in [2.45, 2.75) is 20.0 Å². The fraction of sp³-hybridized carbons (Fsp3) is 0.600. The van der Waals surface area contributed by atoms with Gasteiger partial charge in [0.2, 0.25) is 0 Å². The summed E-state index contributed by atoms with van der Waals surface area (Å²) in [5, 5.41) is 3.26. The van der Waals surface area contributed by atoms with Gasteiger partial charge in [-0.25, -0.2) is 4.39 Å². The number of benzene rings is 1. The van der Waals surface area contributed by atoms with E-state index < -0.39 is 0 Å². The van der Waals surface area contributed by atoms with Crippen LogP contribution in [0.4, 0.5) is 4.39 Å². The zero-order valence-corrected chi connectivity index (χ0v) is 12.5. The lowest BCUT2D eigenvalue weighted by Crippen LogP contribution is -2.28. The van der Waals surface area contributed by atoms with E-state index in [2.05, 4.69) is 22.0 Å². The summed E-state index contributed by atoms with van der Waals surface area (Å²) in [6.45, 7) is 6.36. The Morgan fingerprint density at radius 1 is 1.16 bits per heavy atom. The minimum absolute atomic E-state index is 0.114. The van der Waals surface area contributed by atoms with Gasteiger partial charge in [0.05, 0.1) is 0 Å². The SMILES string of the molecule is CCNCc1ccc(F)c(CN(C)CCN(C)C)c1. The molecule has 0 heterocycles. The topological polar surface area (TPSA) is 18.5 Å². The van der Waals surface area contributed by atoms with Crippen LogP contribution in [0.5, 0.6) is 0 Å². The molecule has 0 radical (unpaired) electrons. The Hall–Kier alpha value is -0.970. The van der Waals surface area contributed by atoms with Gasteiger partial charge < -0.3 is 15.1 Å². The molecular weight excluding hydrogens is 241 g/mol. The van der Waals surface area contributed by atoms with Crippen molar-refractivity contribution in [3.8, 4) is 0 Å². The highest BCUT2D eigenvalue weighted by molar-refractivity contribution is 5.25. The van der Waals surface area contributed by atoms with Gasteiger partial charge >= 0.3 is 0 Å². The zero-order chi connectivity index (χ0) is 14.3. The van der Waals surface area contributed by atoms with E-state index in [1.807, 2.05) is 33.3 Å². The number of halogens is 1. The van der Waals surface area contributed by atoms with Crippen LogP contribution in [-0.2, 0) is 13.1 Å². The Labute approximate surface area is 116 Å². The normalized spacial score (nSPS) is 11.5. The van der Waals surface area contributed by atoms with Gasteiger partial charge in [0.1, 0.15) is 5.82 Å². The third kappa shape index (κ3) is 6.14. The predicted octanol–water partition coefficient (Wildman–Crippen LogP) is 1.93. The molecule has 1 rings (SSSR count). The fourth-order valence-corrected chi connectivity index (χ4v) is 1.87. The van der Waals surface area contributed by atoms with Gasteiger partial charge in [0, 0.05) is 31.7 Å². The van der Waals surface area contributed by atoms with Gasteiger partial charge in [-0.05, 0) is 39.3 Å². The monoisotopic (exact) mass is 267 g/mol. The summed E-state index contributed by atoms with van der Waals surface area (Å²) in [4.78, 5) is 4.28. The smallest absolute Gasteiger partial charge is 0.127 e. The van der Waals surface area contributed by atoms with E-state index in [4.69, 9.17) is 0 Å². The molecule has 108 valence electrons. The summed E-state index contributed by atoms with van der Waals surface area (Å²) >= 11 is 0. The summed E-state index contributed by atoms with van der Waals surface area (Å²) in [7, 11) is 6.12. The number of hydrogen-bond donors (Lipinski definition) is 1. The van der Waals surface area contributed by atoms with Gasteiger partial charge in [-0.1, -0.05) is 19.1 Å². The molecule has 0 saturated carbocycles. The van der Waals surface area contributed by atoms with E-state index in [-0.39, 0.29) is 5.82 Å². The molecule has 4 heteroatoms. The molecule has 0 aliphatic heterocycles. The Kier molecular flexibility index (Phi) is 6.99. The maximum Gasteiger partial charge on any atom is 0.127 e. The molecule has 0 saturated heterocycles. The van der Waals surface area contributed by atoms with Crippen LogP contribution in [0.1, 0.15) is 18.1 Å². The van der Waals surface area contributed by atoms with Crippen LogP contribution in [0.25, 0.3) is 0 Å². The van der Waals surface area contributed by atoms with Gasteiger partial charge in [0.15, 0.2) is 0 Å². The minimum atomic E-state index is -0.114. The molecule has 3 nitrogen and oxygen atoms in total. The van der Waals surface area contributed by atoms with Crippen LogP contribution in [0, 0.1) is 5.82 Å². The van der Waals surface area contributed by atoms with Crippen molar-refractivity contribution in [1.82, 2.24) is 15.1 Å². The molecule has 0 spiro atoms. The quantitative estimate of drug-likeness (QED) is 0.776. The van der Waals surface area contributed by atoms with Crippen LogP contribution in [-0.4, -0.2) is 50.6 Å². The molecule has 1 N–H and O–H groups in total. The number of nitrogens with one attached hydrogen (secondary N) is 1. The molecular formula is C15H26FN3. The van der Waals surface area contributed by atoms with Gasteiger partial charge in [-0.3, -0.25) is 0 Å². The molecule has 0 bridgehead atoms. The van der Waals surface area contributed by atoms with E-state index in [1.54, 1.807) is 6.07 Å². The Bertz CT molecular complexity index is 380. The minimum Gasteiger partial charge on any atom is -0.313 e. The van der Waals surface area contributed by atoms with Crippen molar-refractivity contribution in [3.63, 3.8) is 0 Å².